The summed E-state index contributed by atoms with van der Waals surface area (Å²) in [5, 5.41) is 7.62. The maximum absolute atomic E-state index is 2.47. The first-order valence-corrected chi connectivity index (χ1v) is 18.6. The minimum atomic E-state index is -0.0613. The van der Waals surface area contributed by atoms with Gasteiger partial charge >= 0.3 is 0 Å². The zero-order chi connectivity index (χ0) is 35.5. The minimum absolute atomic E-state index is 0.0613. The van der Waals surface area contributed by atoms with E-state index in [4.69, 9.17) is 0 Å². The van der Waals surface area contributed by atoms with Crippen LogP contribution in [-0.4, -0.2) is 0 Å². The topological polar surface area (TPSA) is 0 Å². The first-order chi connectivity index (χ1) is 26.1. The van der Waals surface area contributed by atoms with Crippen molar-refractivity contribution in [3.8, 4) is 44.5 Å². The molecule has 0 amide bonds. The number of hydrogen-bond donors (Lipinski definition) is 0. The molecular weight excluding hydrogens is 637 g/mol. The third kappa shape index (κ3) is 5.06. The molecule has 10 rings (SSSR count). The van der Waals surface area contributed by atoms with Crippen molar-refractivity contribution in [3.05, 3.63) is 204 Å². The number of benzene rings is 9. The molecule has 0 heteroatoms. The van der Waals surface area contributed by atoms with Crippen LogP contribution in [0.1, 0.15) is 36.1 Å². The predicted octanol–water partition coefficient (Wildman–Crippen LogP) is 14.6. The van der Waals surface area contributed by atoms with Crippen molar-refractivity contribution in [2.45, 2.75) is 19.3 Å². The van der Waals surface area contributed by atoms with Crippen molar-refractivity contribution >= 4 is 44.5 Å². The van der Waals surface area contributed by atoms with Gasteiger partial charge < -0.3 is 0 Å². The summed E-state index contributed by atoms with van der Waals surface area (Å²) in [6.07, 6.45) is 4.49. The standard InChI is InChI=1S/C53H38/c1-53(2)49-23-13-12-18-42(49)43-32-31-39(34-50(43)53)51-44-19-8-10-21-46(44)52(47-22-11-9-20-45(47)51)48-33-30-38(40-16-6-7-17-41(40)48)29-26-35-24-27-37(28-25-35)36-14-4-3-5-15-36/h3-34H,1-2H3. The highest BCUT2D eigenvalue weighted by atomic mass is 14.4. The van der Waals surface area contributed by atoms with Crippen LogP contribution in [0.2, 0.25) is 0 Å². The molecule has 0 N–H and O–H groups in total. The molecule has 0 saturated heterocycles. The largest absolute Gasteiger partial charge is 0.0622 e. The van der Waals surface area contributed by atoms with Gasteiger partial charge in [0.1, 0.15) is 0 Å². The van der Waals surface area contributed by atoms with Crippen LogP contribution in [0.3, 0.4) is 0 Å². The van der Waals surface area contributed by atoms with E-state index in [1.54, 1.807) is 0 Å². The first kappa shape index (κ1) is 31.3. The molecule has 0 spiro atoms. The van der Waals surface area contributed by atoms with Gasteiger partial charge in [0, 0.05) is 5.41 Å². The Morgan fingerprint density at radius 3 is 1.55 bits per heavy atom. The summed E-state index contributed by atoms with van der Waals surface area (Å²) in [5.41, 5.74) is 15.4. The van der Waals surface area contributed by atoms with E-state index in [1.165, 1.54) is 99.1 Å². The molecule has 1 aliphatic rings. The lowest BCUT2D eigenvalue weighted by atomic mass is 9.80. The van der Waals surface area contributed by atoms with Crippen molar-refractivity contribution in [2.24, 2.45) is 0 Å². The summed E-state index contributed by atoms with van der Waals surface area (Å²) in [5.74, 6) is 0. The first-order valence-electron chi connectivity index (χ1n) is 18.6. The molecule has 9 aromatic carbocycles. The molecular formula is C53H38. The second-order valence-corrected chi connectivity index (χ2v) is 14.8. The minimum Gasteiger partial charge on any atom is -0.0622 e. The van der Waals surface area contributed by atoms with Gasteiger partial charge in [-0.3, -0.25) is 0 Å². The van der Waals surface area contributed by atoms with E-state index < -0.39 is 0 Å². The van der Waals surface area contributed by atoms with Crippen LogP contribution in [-0.2, 0) is 5.41 Å². The lowest BCUT2D eigenvalue weighted by Crippen LogP contribution is -2.14. The normalized spacial score (nSPS) is 13.2. The maximum atomic E-state index is 2.47. The van der Waals surface area contributed by atoms with Crippen LogP contribution in [0.5, 0.6) is 0 Å². The molecule has 0 unspecified atom stereocenters. The summed E-state index contributed by atoms with van der Waals surface area (Å²) in [7, 11) is 0. The molecule has 9 aromatic rings. The van der Waals surface area contributed by atoms with Gasteiger partial charge in [-0.25, -0.2) is 0 Å². The molecule has 0 nitrogen and oxygen atoms in total. The Kier molecular flexibility index (Phi) is 7.27. The lowest BCUT2D eigenvalue weighted by molar-refractivity contribution is 0.660. The third-order valence-corrected chi connectivity index (χ3v) is 11.5. The fourth-order valence-corrected chi connectivity index (χ4v) is 8.88. The number of hydrogen-bond acceptors (Lipinski definition) is 0. The van der Waals surface area contributed by atoms with E-state index in [0.29, 0.717) is 0 Å². The van der Waals surface area contributed by atoms with Crippen molar-refractivity contribution in [1.82, 2.24) is 0 Å². The van der Waals surface area contributed by atoms with Crippen LogP contribution in [0.15, 0.2) is 182 Å². The lowest BCUT2D eigenvalue weighted by Gasteiger charge is -2.23. The molecule has 0 atom stereocenters. The van der Waals surface area contributed by atoms with Crippen LogP contribution < -0.4 is 0 Å². The number of fused-ring (bicyclic) bond motifs is 6. The Balaban J connectivity index is 1.12. The molecule has 250 valence electrons. The van der Waals surface area contributed by atoms with E-state index in [2.05, 4.69) is 208 Å². The number of rotatable bonds is 5. The van der Waals surface area contributed by atoms with Crippen LogP contribution >= 0.6 is 0 Å². The zero-order valence-corrected chi connectivity index (χ0v) is 30.0. The summed E-state index contributed by atoms with van der Waals surface area (Å²) >= 11 is 0. The average Bonchev–Trinajstić information content (AvgIpc) is 3.45. The smallest absolute Gasteiger partial charge is 0.0159 e. The van der Waals surface area contributed by atoms with Crippen LogP contribution in [0.4, 0.5) is 0 Å². The fourth-order valence-electron chi connectivity index (χ4n) is 8.88. The molecule has 0 fully saturated rings. The second kappa shape index (κ2) is 12.3. The van der Waals surface area contributed by atoms with Gasteiger partial charge in [0.2, 0.25) is 0 Å². The van der Waals surface area contributed by atoms with Crippen LogP contribution in [0, 0.1) is 0 Å². The Morgan fingerprint density at radius 2 is 0.849 bits per heavy atom. The van der Waals surface area contributed by atoms with Gasteiger partial charge in [0.05, 0.1) is 0 Å². The zero-order valence-electron chi connectivity index (χ0n) is 30.0. The highest BCUT2D eigenvalue weighted by Gasteiger charge is 2.35. The maximum Gasteiger partial charge on any atom is 0.0159 e. The Bertz CT molecular complexity index is 2830. The molecule has 0 aliphatic heterocycles. The predicted molar refractivity (Wildman–Crippen MR) is 228 cm³/mol. The monoisotopic (exact) mass is 674 g/mol. The molecule has 0 aromatic heterocycles. The fraction of sp³-hybridized carbons (Fsp3) is 0.0566. The molecule has 0 bridgehead atoms. The summed E-state index contributed by atoms with van der Waals surface area (Å²) < 4.78 is 0. The van der Waals surface area contributed by atoms with Gasteiger partial charge in [0.15, 0.2) is 0 Å². The van der Waals surface area contributed by atoms with Gasteiger partial charge in [-0.1, -0.05) is 202 Å². The third-order valence-electron chi connectivity index (χ3n) is 11.5. The van der Waals surface area contributed by atoms with E-state index in [-0.39, 0.29) is 5.41 Å². The van der Waals surface area contributed by atoms with E-state index in [1.807, 2.05) is 0 Å². The van der Waals surface area contributed by atoms with Crippen molar-refractivity contribution in [1.29, 1.82) is 0 Å². The average molecular weight is 675 g/mol. The molecule has 1 aliphatic carbocycles. The Morgan fingerprint density at radius 1 is 0.340 bits per heavy atom. The second-order valence-electron chi connectivity index (χ2n) is 14.8. The summed E-state index contributed by atoms with van der Waals surface area (Å²) in [6.45, 7) is 4.73. The Hall–Kier alpha value is -6.50. The highest BCUT2D eigenvalue weighted by molar-refractivity contribution is 6.24. The van der Waals surface area contributed by atoms with E-state index in [0.717, 1.165) is 0 Å². The van der Waals surface area contributed by atoms with Crippen molar-refractivity contribution in [3.63, 3.8) is 0 Å². The summed E-state index contributed by atoms with van der Waals surface area (Å²) in [6, 6.07) is 67.0. The Labute approximate surface area is 311 Å². The van der Waals surface area contributed by atoms with Crippen LogP contribution in [0.25, 0.3) is 89.0 Å². The van der Waals surface area contributed by atoms with Gasteiger partial charge in [-0.15, -0.1) is 0 Å². The quantitative estimate of drug-likeness (QED) is 0.126. The van der Waals surface area contributed by atoms with Crippen molar-refractivity contribution < 1.29 is 0 Å². The molecule has 0 saturated carbocycles. The molecule has 53 heavy (non-hydrogen) atoms. The van der Waals surface area contributed by atoms with E-state index in [9.17, 15) is 0 Å². The van der Waals surface area contributed by atoms with Crippen molar-refractivity contribution in [2.75, 3.05) is 0 Å². The van der Waals surface area contributed by atoms with Gasteiger partial charge in [-0.05, 0) is 105 Å². The van der Waals surface area contributed by atoms with Gasteiger partial charge in [0.25, 0.3) is 0 Å². The van der Waals surface area contributed by atoms with E-state index >= 15 is 0 Å². The van der Waals surface area contributed by atoms with Gasteiger partial charge in [-0.2, -0.15) is 0 Å². The SMILES string of the molecule is CC1(C)c2ccccc2-c2ccc(-c3c4ccccc4c(-c4ccc(C=Cc5ccc(-c6ccccc6)cc5)c5ccccc45)c4ccccc34)cc21. The molecule has 0 radical (unpaired) electrons. The summed E-state index contributed by atoms with van der Waals surface area (Å²) in [4.78, 5) is 0. The molecule has 0 heterocycles. The highest BCUT2D eigenvalue weighted by Crippen LogP contribution is 2.51.